The van der Waals surface area contributed by atoms with Crippen molar-refractivity contribution in [2.75, 3.05) is 22.1 Å². The van der Waals surface area contributed by atoms with Gasteiger partial charge in [-0.05, 0) is 55.5 Å². The first-order valence-corrected chi connectivity index (χ1v) is 9.04. The van der Waals surface area contributed by atoms with Crippen LogP contribution in [0.15, 0.2) is 72.9 Å². The molecule has 2 N–H and O–H groups in total. The van der Waals surface area contributed by atoms with E-state index in [-0.39, 0.29) is 11.8 Å². The number of carbonyl (C=O) groups is 2. The lowest BCUT2D eigenvalue weighted by molar-refractivity contribution is -0.114. The van der Waals surface area contributed by atoms with Gasteiger partial charge in [-0.1, -0.05) is 18.2 Å². The molecule has 0 spiro atoms. The summed E-state index contributed by atoms with van der Waals surface area (Å²) < 4.78 is 0. The Hall–Kier alpha value is -3.67. The highest BCUT2D eigenvalue weighted by Crippen LogP contribution is 2.23. The maximum absolute atomic E-state index is 12.5. The van der Waals surface area contributed by atoms with E-state index in [9.17, 15) is 9.59 Å². The molecule has 3 aromatic rings. The quantitative estimate of drug-likeness (QED) is 0.668. The van der Waals surface area contributed by atoms with Crippen LogP contribution in [0.2, 0.25) is 0 Å². The van der Waals surface area contributed by atoms with E-state index >= 15 is 0 Å². The fraction of sp³-hybridized carbons (Fsp3) is 0.136. The monoisotopic (exact) mass is 374 g/mol. The van der Waals surface area contributed by atoms with Crippen LogP contribution in [0, 0.1) is 0 Å². The highest BCUT2D eigenvalue weighted by Gasteiger charge is 2.11. The van der Waals surface area contributed by atoms with Crippen molar-refractivity contribution in [2.24, 2.45) is 0 Å². The van der Waals surface area contributed by atoms with Crippen molar-refractivity contribution in [3.63, 3.8) is 0 Å². The second kappa shape index (κ2) is 8.81. The SMILES string of the molecule is CCN(c1ccccc1)c1ccc(C(=O)Nc2ccc(NC(C)=O)cc2)cn1. The number of hydrogen-bond acceptors (Lipinski definition) is 4. The molecule has 6 nitrogen and oxygen atoms in total. The molecule has 2 amide bonds. The smallest absolute Gasteiger partial charge is 0.257 e. The first kappa shape index (κ1) is 19.1. The lowest BCUT2D eigenvalue weighted by atomic mass is 10.2. The molecule has 142 valence electrons. The standard InChI is InChI=1S/C22H22N4O2/c1-3-26(20-7-5-4-6-8-20)21-14-9-17(15-23-21)22(28)25-19-12-10-18(11-13-19)24-16(2)27/h4-15H,3H2,1-2H3,(H,24,27)(H,25,28). The summed E-state index contributed by atoms with van der Waals surface area (Å²) >= 11 is 0. The molecule has 2 aromatic carbocycles. The first-order chi connectivity index (χ1) is 13.6. The summed E-state index contributed by atoms with van der Waals surface area (Å²) in [5.74, 6) is 0.401. The molecule has 0 saturated carbocycles. The second-order valence-corrected chi connectivity index (χ2v) is 6.20. The average molecular weight is 374 g/mol. The number of amides is 2. The van der Waals surface area contributed by atoms with E-state index in [4.69, 9.17) is 0 Å². The van der Waals surface area contributed by atoms with Gasteiger partial charge in [-0.3, -0.25) is 9.59 Å². The summed E-state index contributed by atoms with van der Waals surface area (Å²) in [6.07, 6.45) is 1.57. The number of anilines is 4. The van der Waals surface area contributed by atoms with Gasteiger partial charge in [-0.15, -0.1) is 0 Å². The number of aromatic nitrogens is 1. The molecule has 3 rings (SSSR count). The molecule has 0 atom stereocenters. The molecule has 1 aromatic heterocycles. The zero-order valence-electron chi connectivity index (χ0n) is 15.8. The molecule has 6 heteroatoms. The van der Waals surface area contributed by atoms with E-state index in [0.717, 1.165) is 18.1 Å². The summed E-state index contributed by atoms with van der Waals surface area (Å²) in [7, 11) is 0. The molecular formula is C22H22N4O2. The Morgan fingerprint density at radius 1 is 0.893 bits per heavy atom. The Kier molecular flexibility index (Phi) is 6.01. The van der Waals surface area contributed by atoms with Crippen molar-refractivity contribution in [2.45, 2.75) is 13.8 Å². The van der Waals surface area contributed by atoms with Gasteiger partial charge in [0.05, 0.1) is 5.56 Å². The third kappa shape index (κ3) is 4.73. The van der Waals surface area contributed by atoms with E-state index in [1.54, 1.807) is 36.5 Å². The molecule has 28 heavy (non-hydrogen) atoms. The van der Waals surface area contributed by atoms with Crippen molar-refractivity contribution in [3.8, 4) is 0 Å². The van der Waals surface area contributed by atoms with Crippen LogP contribution >= 0.6 is 0 Å². The largest absolute Gasteiger partial charge is 0.327 e. The number of nitrogens with zero attached hydrogens (tertiary/aromatic N) is 2. The lowest BCUT2D eigenvalue weighted by Crippen LogP contribution is -2.18. The first-order valence-electron chi connectivity index (χ1n) is 9.04. The van der Waals surface area contributed by atoms with Gasteiger partial charge in [0.15, 0.2) is 0 Å². The molecular weight excluding hydrogens is 352 g/mol. The van der Waals surface area contributed by atoms with Gasteiger partial charge >= 0.3 is 0 Å². The van der Waals surface area contributed by atoms with E-state index in [0.29, 0.717) is 16.9 Å². The molecule has 0 bridgehead atoms. The van der Waals surface area contributed by atoms with Crippen LogP contribution < -0.4 is 15.5 Å². The van der Waals surface area contributed by atoms with E-state index < -0.39 is 0 Å². The Morgan fingerprint density at radius 2 is 1.54 bits per heavy atom. The number of nitrogens with one attached hydrogen (secondary N) is 2. The lowest BCUT2D eigenvalue weighted by Gasteiger charge is -2.22. The zero-order valence-corrected chi connectivity index (χ0v) is 15.8. The topological polar surface area (TPSA) is 74.3 Å². The predicted octanol–water partition coefficient (Wildman–Crippen LogP) is 4.45. The van der Waals surface area contributed by atoms with Crippen molar-refractivity contribution in [1.29, 1.82) is 0 Å². The van der Waals surface area contributed by atoms with E-state index in [2.05, 4.69) is 27.4 Å². The van der Waals surface area contributed by atoms with Gasteiger partial charge in [0.25, 0.3) is 5.91 Å². The highest BCUT2D eigenvalue weighted by atomic mass is 16.2. The van der Waals surface area contributed by atoms with Crippen LogP contribution in [0.25, 0.3) is 0 Å². The van der Waals surface area contributed by atoms with Crippen molar-refractivity contribution in [3.05, 3.63) is 78.5 Å². The molecule has 0 unspecified atom stereocenters. The van der Waals surface area contributed by atoms with Crippen molar-refractivity contribution >= 4 is 34.7 Å². The minimum absolute atomic E-state index is 0.139. The van der Waals surface area contributed by atoms with Gasteiger partial charge in [-0.25, -0.2) is 4.98 Å². The molecule has 0 aliphatic rings. The molecule has 1 heterocycles. The number of hydrogen-bond donors (Lipinski definition) is 2. The van der Waals surface area contributed by atoms with Crippen molar-refractivity contribution in [1.82, 2.24) is 4.98 Å². The van der Waals surface area contributed by atoms with Crippen LogP contribution in [-0.2, 0) is 4.79 Å². The zero-order chi connectivity index (χ0) is 19.9. The number of rotatable bonds is 6. The number of benzene rings is 2. The predicted molar refractivity (Wildman–Crippen MR) is 112 cm³/mol. The second-order valence-electron chi connectivity index (χ2n) is 6.20. The maximum atomic E-state index is 12.5. The van der Waals surface area contributed by atoms with Gasteiger partial charge < -0.3 is 15.5 Å². The third-order valence-electron chi connectivity index (χ3n) is 4.13. The van der Waals surface area contributed by atoms with Gasteiger partial charge in [0.2, 0.25) is 5.91 Å². The summed E-state index contributed by atoms with van der Waals surface area (Å²) in [5, 5.41) is 5.51. The Labute approximate surface area is 164 Å². The van der Waals surface area contributed by atoms with Gasteiger partial charge in [-0.2, -0.15) is 0 Å². The van der Waals surface area contributed by atoms with E-state index in [1.165, 1.54) is 6.92 Å². The highest BCUT2D eigenvalue weighted by molar-refractivity contribution is 6.04. The maximum Gasteiger partial charge on any atom is 0.257 e. The number of pyridine rings is 1. The third-order valence-corrected chi connectivity index (χ3v) is 4.13. The number of carbonyl (C=O) groups excluding carboxylic acids is 2. The van der Waals surface area contributed by atoms with E-state index in [1.807, 2.05) is 36.4 Å². The summed E-state index contributed by atoms with van der Waals surface area (Å²) in [6, 6.07) is 20.5. The minimum atomic E-state index is -0.242. The van der Waals surface area contributed by atoms with Crippen LogP contribution in [-0.4, -0.2) is 23.3 Å². The normalized spacial score (nSPS) is 10.2. The minimum Gasteiger partial charge on any atom is -0.327 e. The number of para-hydroxylation sites is 1. The van der Waals surface area contributed by atoms with Gasteiger partial charge in [0.1, 0.15) is 5.82 Å². The summed E-state index contributed by atoms with van der Waals surface area (Å²) in [5.41, 5.74) is 2.84. The molecule has 0 aliphatic heterocycles. The Morgan fingerprint density at radius 3 is 2.07 bits per heavy atom. The molecule has 0 radical (unpaired) electrons. The summed E-state index contributed by atoms with van der Waals surface area (Å²) in [4.78, 5) is 30.0. The molecule has 0 fully saturated rings. The molecule has 0 aliphatic carbocycles. The summed E-state index contributed by atoms with van der Waals surface area (Å²) in [6.45, 7) is 4.27. The fourth-order valence-corrected chi connectivity index (χ4v) is 2.81. The van der Waals surface area contributed by atoms with Crippen LogP contribution in [0.4, 0.5) is 22.9 Å². The van der Waals surface area contributed by atoms with Crippen LogP contribution in [0.5, 0.6) is 0 Å². The fourth-order valence-electron chi connectivity index (χ4n) is 2.81. The van der Waals surface area contributed by atoms with Crippen LogP contribution in [0.3, 0.4) is 0 Å². The molecule has 0 saturated heterocycles. The van der Waals surface area contributed by atoms with Crippen molar-refractivity contribution < 1.29 is 9.59 Å². The van der Waals surface area contributed by atoms with Gasteiger partial charge in [0, 0.05) is 36.7 Å². The Bertz CT molecular complexity index is 939. The Balaban J connectivity index is 1.69. The van der Waals surface area contributed by atoms with Crippen LogP contribution in [0.1, 0.15) is 24.2 Å². The average Bonchev–Trinajstić information content (AvgIpc) is 2.71.